The first-order valence-electron chi connectivity index (χ1n) is 7.89. The molecule has 3 rings (SSSR count). The van der Waals surface area contributed by atoms with Crippen LogP contribution in [0.1, 0.15) is 30.4 Å². The molecule has 1 aliphatic carbocycles. The second-order valence-electron chi connectivity index (χ2n) is 5.85. The van der Waals surface area contributed by atoms with Crippen LogP contribution in [-0.2, 0) is 0 Å². The summed E-state index contributed by atoms with van der Waals surface area (Å²) in [7, 11) is 0. The molecule has 2 aromatic rings. The van der Waals surface area contributed by atoms with Crippen LogP contribution < -0.4 is 5.32 Å². The van der Waals surface area contributed by atoms with Crippen LogP contribution in [0.2, 0.25) is 0 Å². The highest BCUT2D eigenvalue weighted by molar-refractivity contribution is 5.98. The van der Waals surface area contributed by atoms with Crippen molar-refractivity contribution in [3.8, 4) is 0 Å². The van der Waals surface area contributed by atoms with E-state index in [2.05, 4.69) is 67.7 Å². The Bertz CT molecular complexity index is 726. The van der Waals surface area contributed by atoms with Crippen LogP contribution in [0.5, 0.6) is 0 Å². The smallest absolute Gasteiger partial charge is 0.0662 e. The summed E-state index contributed by atoms with van der Waals surface area (Å²) in [6, 6.07) is 16.7. The van der Waals surface area contributed by atoms with Gasteiger partial charge in [0, 0.05) is 17.1 Å². The first-order chi connectivity index (χ1) is 10.7. The Balaban J connectivity index is 1.83. The van der Waals surface area contributed by atoms with E-state index < -0.39 is 0 Å². The van der Waals surface area contributed by atoms with Crippen LogP contribution in [-0.4, -0.2) is 5.71 Å². The van der Waals surface area contributed by atoms with E-state index in [9.17, 15) is 0 Å². The first-order valence-corrected chi connectivity index (χ1v) is 7.89. The second kappa shape index (κ2) is 6.61. The zero-order valence-electron chi connectivity index (χ0n) is 13.3. The summed E-state index contributed by atoms with van der Waals surface area (Å²) in [5.74, 6) is 0. The molecule has 0 bridgehead atoms. The molecular formula is C20H22N2. The predicted molar refractivity (Wildman–Crippen MR) is 95.0 cm³/mol. The zero-order valence-corrected chi connectivity index (χ0v) is 13.3. The van der Waals surface area contributed by atoms with Gasteiger partial charge in [-0.25, -0.2) is 0 Å². The molecule has 2 nitrogen and oxygen atoms in total. The molecule has 0 heterocycles. The molecule has 22 heavy (non-hydrogen) atoms. The lowest BCUT2D eigenvalue weighted by Crippen LogP contribution is -2.10. The molecule has 0 amide bonds. The molecule has 0 atom stereocenters. The Kier molecular flexibility index (Phi) is 4.38. The summed E-state index contributed by atoms with van der Waals surface area (Å²) in [4.78, 5) is 4.83. The Morgan fingerprint density at radius 3 is 2.36 bits per heavy atom. The minimum absolute atomic E-state index is 1.05. The van der Waals surface area contributed by atoms with E-state index in [1.165, 1.54) is 22.5 Å². The fourth-order valence-corrected chi connectivity index (χ4v) is 2.72. The lowest BCUT2D eigenvalue weighted by Gasteiger charge is -2.18. The normalized spacial score (nSPS) is 16.5. The van der Waals surface area contributed by atoms with Gasteiger partial charge in [-0.15, -0.1) is 0 Å². The molecule has 0 radical (unpaired) electrons. The van der Waals surface area contributed by atoms with E-state index in [-0.39, 0.29) is 0 Å². The summed E-state index contributed by atoms with van der Waals surface area (Å²) < 4.78 is 0. The molecule has 0 saturated heterocycles. The number of hydrogen-bond donors (Lipinski definition) is 1. The standard InChI is InChI=1S/C20H22N2/c1-15-8-3-5-12-19(15)21-17-10-7-11-18(14-17)22-20-13-6-4-9-16(20)2/h3-6,8-9,12-14,21H,7,10-11H2,1-2H3/b22-18+. The minimum atomic E-state index is 1.05. The van der Waals surface area contributed by atoms with E-state index in [0.717, 1.165) is 30.7 Å². The Morgan fingerprint density at radius 1 is 0.864 bits per heavy atom. The average molecular weight is 290 g/mol. The third-order valence-corrected chi connectivity index (χ3v) is 4.04. The summed E-state index contributed by atoms with van der Waals surface area (Å²) >= 11 is 0. The highest BCUT2D eigenvalue weighted by Crippen LogP contribution is 2.24. The predicted octanol–water partition coefficient (Wildman–Crippen LogP) is 5.56. The van der Waals surface area contributed by atoms with Crippen molar-refractivity contribution >= 4 is 17.1 Å². The Hall–Kier alpha value is -2.35. The molecule has 0 aromatic heterocycles. The van der Waals surface area contributed by atoms with Gasteiger partial charge in [0.1, 0.15) is 0 Å². The van der Waals surface area contributed by atoms with Gasteiger partial charge in [0.25, 0.3) is 0 Å². The number of anilines is 1. The summed E-state index contributed by atoms with van der Waals surface area (Å²) in [6.45, 7) is 4.24. The number of aryl methyl sites for hydroxylation is 2. The van der Waals surface area contributed by atoms with Crippen molar-refractivity contribution in [3.63, 3.8) is 0 Å². The molecule has 0 unspecified atom stereocenters. The van der Waals surface area contributed by atoms with E-state index in [1.54, 1.807) is 0 Å². The zero-order chi connectivity index (χ0) is 15.4. The fourth-order valence-electron chi connectivity index (χ4n) is 2.72. The van der Waals surface area contributed by atoms with Gasteiger partial charge >= 0.3 is 0 Å². The van der Waals surface area contributed by atoms with Crippen molar-refractivity contribution < 1.29 is 0 Å². The summed E-state index contributed by atoms with van der Waals surface area (Å²) in [6.07, 6.45) is 5.49. The highest BCUT2D eigenvalue weighted by atomic mass is 14.9. The molecule has 2 heteroatoms. The highest BCUT2D eigenvalue weighted by Gasteiger charge is 2.10. The average Bonchev–Trinajstić information content (AvgIpc) is 2.52. The molecule has 112 valence electrons. The maximum Gasteiger partial charge on any atom is 0.0662 e. The van der Waals surface area contributed by atoms with Gasteiger partial charge in [-0.05, 0) is 62.4 Å². The van der Waals surface area contributed by atoms with Gasteiger partial charge in [0.05, 0.1) is 5.69 Å². The number of nitrogens with one attached hydrogen (secondary N) is 1. The topological polar surface area (TPSA) is 24.4 Å². The van der Waals surface area contributed by atoms with Crippen molar-refractivity contribution in [3.05, 3.63) is 71.4 Å². The molecule has 2 aromatic carbocycles. The molecule has 0 saturated carbocycles. The van der Waals surface area contributed by atoms with Gasteiger partial charge in [-0.2, -0.15) is 0 Å². The Labute approximate surface area is 132 Å². The van der Waals surface area contributed by atoms with E-state index in [4.69, 9.17) is 4.99 Å². The lowest BCUT2D eigenvalue weighted by atomic mass is 10.0. The van der Waals surface area contributed by atoms with Crippen molar-refractivity contribution in [2.75, 3.05) is 5.32 Å². The largest absolute Gasteiger partial charge is 0.359 e. The number of benzene rings is 2. The molecule has 0 spiro atoms. The number of hydrogen-bond acceptors (Lipinski definition) is 2. The van der Waals surface area contributed by atoms with E-state index in [0.29, 0.717) is 0 Å². The number of allylic oxidation sites excluding steroid dienone is 2. The second-order valence-corrected chi connectivity index (χ2v) is 5.85. The van der Waals surface area contributed by atoms with Gasteiger partial charge in [-0.1, -0.05) is 36.4 Å². The molecule has 0 aliphatic heterocycles. The molecule has 1 aliphatic rings. The third-order valence-electron chi connectivity index (χ3n) is 4.04. The lowest BCUT2D eigenvalue weighted by molar-refractivity contribution is 0.839. The van der Waals surface area contributed by atoms with Crippen LogP contribution in [0.25, 0.3) is 0 Å². The van der Waals surface area contributed by atoms with Crippen molar-refractivity contribution in [1.29, 1.82) is 0 Å². The Morgan fingerprint density at radius 2 is 1.59 bits per heavy atom. The molecule has 1 N–H and O–H groups in total. The van der Waals surface area contributed by atoms with Gasteiger partial charge in [-0.3, -0.25) is 4.99 Å². The van der Waals surface area contributed by atoms with E-state index in [1.807, 2.05) is 6.07 Å². The molecular weight excluding hydrogens is 268 g/mol. The number of para-hydroxylation sites is 2. The SMILES string of the molecule is Cc1ccccc1/N=C1/C=C(Nc2ccccc2C)CCC1. The fraction of sp³-hybridized carbons (Fsp3) is 0.250. The summed E-state index contributed by atoms with van der Waals surface area (Å²) in [5.41, 5.74) is 7.18. The van der Waals surface area contributed by atoms with Crippen LogP contribution in [0, 0.1) is 13.8 Å². The maximum atomic E-state index is 4.83. The van der Waals surface area contributed by atoms with Crippen LogP contribution in [0.3, 0.4) is 0 Å². The van der Waals surface area contributed by atoms with E-state index >= 15 is 0 Å². The van der Waals surface area contributed by atoms with Gasteiger partial charge in [0.2, 0.25) is 0 Å². The monoisotopic (exact) mass is 290 g/mol. The van der Waals surface area contributed by atoms with Crippen molar-refractivity contribution in [1.82, 2.24) is 0 Å². The van der Waals surface area contributed by atoms with Crippen LogP contribution >= 0.6 is 0 Å². The van der Waals surface area contributed by atoms with Gasteiger partial charge < -0.3 is 5.32 Å². The van der Waals surface area contributed by atoms with Crippen molar-refractivity contribution in [2.24, 2.45) is 4.99 Å². The minimum Gasteiger partial charge on any atom is -0.359 e. The van der Waals surface area contributed by atoms with Crippen molar-refractivity contribution in [2.45, 2.75) is 33.1 Å². The summed E-state index contributed by atoms with van der Waals surface area (Å²) in [5, 5.41) is 3.56. The first kappa shape index (κ1) is 14.6. The quantitative estimate of drug-likeness (QED) is 0.786. The van der Waals surface area contributed by atoms with Crippen LogP contribution in [0.4, 0.5) is 11.4 Å². The number of nitrogens with zero attached hydrogens (tertiary/aromatic N) is 1. The van der Waals surface area contributed by atoms with Gasteiger partial charge in [0.15, 0.2) is 0 Å². The molecule has 0 fully saturated rings. The third kappa shape index (κ3) is 3.45. The van der Waals surface area contributed by atoms with Crippen LogP contribution in [0.15, 0.2) is 65.3 Å². The number of aliphatic imine (C=N–C) groups is 1. The maximum absolute atomic E-state index is 4.83. The number of rotatable bonds is 3.